The van der Waals surface area contributed by atoms with Crippen LogP contribution in [0.4, 0.5) is 11.8 Å². The van der Waals surface area contributed by atoms with Crippen molar-refractivity contribution in [3.8, 4) is 6.07 Å². The number of aromatic nitrogens is 2. The second kappa shape index (κ2) is 7.37. The molecule has 0 bridgehead atoms. The van der Waals surface area contributed by atoms with Crippen molar-refractivity contribution < 1.29 is 0 Å². The van der Waals surface area contributed by atoms with E-state index in [9.17, 15) is 0 Å². The van der Waals surface area contributed by atoms with Crippen LogP contribution in [0.5, 0.6) is 0 Å². The summed E-state index contributed by atoms with van der Waals surface area (Å²) < 4.78 is 0. The number of hydrogen-bond acceptors (Lipinski definition) is 5. The van der Waals surface area contributed by atoms with Crippen LogP contribution in [0.25, 0.3) is 10.9 Å². The fourth-order valence-corrected chi connectivity index (χ4v) is 2.61. The number of nitrogens with zero attached hydrogens (tertiary/aromatic N) is 3. The summed E-state index contributed by atoms with van der Waals surface area (Å²) in [7, 11) is 0. The molecule has 0 unspecified atom stereocenters. The third-order valence-electron chi connectivity index (χ3n) is 3.62. The maximum atomic E-state index is 8.88. The molecule has 0 aliphatic rings. The highest BCUT2D eigenvalue weighted by molar-refractivity contribution is 6.31. The van der Waals surface area contributed by atoms with Crippen LogP contribution >= 0.6 is 11.6 Å². The van der Waals surface area contributed by atoms with Crippen LogP contribution in [0.15, 0.2) is 42.5 Å². The standard InChI is InChI=1S/C19H18ClN5/c1-12(2)23-19-24-17-8-7-15(20)9-16(17)18(25-19)22-11-14-5-3-13(10-21)4-6-14/h3-9,12H,11H2,1-2H3,(H2,22,23,24,25). The lowest BCUT2D eigenvalue weighted by molar-refractivity contribution is 0.877. The number of rotatable bonds is 5. The van der Waals surface area contributed by atoms with E-state index in [-0.39, 0.29) is 6.04 Å². The predicted octanol–water partition coefficient (Wildman–Crippen LogP) is 4.59. The van der Waals surface area contributed by atoms with Gasteiger partial charge in [-0.1, -0.05) is 23.7 Å². The molecule has 2 aromatic carbocycles. The number of benzene rings is 2. The zero-order chi connectivity index (χ0) is 17.8. The molecule has 0 radical (unpaired) electrons. The fraction of sp³-hybridized carbons (Fsp3) is 0.211. The molecule has 0 aliphatic carbocycles. The van der Waals surface area contributed by atoms with E-state index < -0.39 is 0 Å². The molecule has 0 fully saturated rings. The smallest absolute Gasteiger partial charge is 0.225 e. The molecule has 0 amide bonds. The molecule has 5 nitrogen and oxygen atoms in total. The number of anilines is 2. The van der Waals surface area contributed by atoms with Crippen molar-refractivity contribution >= 4 is 34.3 Å². The Morgan fingerprint density at radius 3 is 2.56 bits per heavy atom. The molecule has 0 spiro atoms. The third-order valence-corrected chi connectivity index (χ3v) is 3.85. The van der Waals surface area contributed by atoms with Crippen LogP contribution in [0.1, 0.15) is 25.0 Å². The van der Waals surface area contributed by atoms with Crippen molar-refractivity contribution in [1.82, 2.24) is 9.97 Å². The van der Waals surface area contributed by atoms with Gasteiger partial charge in [-0.15, -0.1) is 0 Å². The van der Waals surface area contributed by atoms with Crippen molar-refractivity contribution in [1.29, 1.82) is 5.26 Å². The molecule has 1 aromatic heterocycles. The summed E-state index contributed by atoms with van der Waals surface area (Å²) in [5.41, 5.74) is 2.53. The van der Waals surface area contributed by atoms with Gasteiger partial charge >= 0.3 is 0 Å². The molecule has 0 saturated heterocycles. The van der Waals surface area contributed by atoms with Crippen molar-refractivity contribution in [3.05, 3.63) is 58.6 Å². The maximum absolute atomic E-state index is 8.88. The molecule has 2 N–H and O–H groups in total. The van der Waals surface area contributed by atoms with E-state index >= 15 is 0 Å². The Kier molecular flexibility index (Phi) is 5.01. The average Bonchev–Trinajstić information content (AvgIpc) is 2.60. The van der Waals surface area contributed by atoms with Crippen molar-refractivity contribution in [2.45, 2.75) is 26.4 Å². The lowest BCUT2D eigenvalue weighted by Crippen LogP contribution is -2.14. The Bertz CT molecular complexity index is 929. The molecule has 126 valence electrons. The fourth-order valence-electron chi connectivity index (χ4n) is 2.44. The Morgan fingerprint density at radius 2 is 1.88 bits per heavy atom. The Labute approximate surface area is 151 Å². The number of halogens is 1. The van der Waals surface area contributed by atoms with Crippen molar-refractivity contribution in [2.75, 3.05) is 10.6 Å². The molecule has 0 atom stereocenters. The number of nitriles is 1. The van der Waals surface area contributed by atoms with Gasteiger partial charge in [0.25, 0.3) is 0 Å². The van der Waals surface area contributed by atoms with Crippen LogP contribution in [-0.2, 0) is 6.54 Å². The first-order chi connectivity index (χ1) is 12.0. The first kappa shape index (κ1) is 17.0. The second-order valence-corrected chi connectivity index (χ2v) is 6.46. The Hall–Kier alpha value is -2.84. The Morgan fingerprint density at radius 1 is 1.12 bits per heavy atom. The summed E-state index contributed by atoms with van der Waals surface area (Å²) in [6.45, 7) is 4.67. The SMILES string of the molecule is CC(C)Nc1nc(NCc2ccc(C#N)cc2)c2cc(Cl)ccc2n1. The lowest BCUT2D eigenvalue weighted by atomic mass is 10.1. The predicted molar refractivity (Wildman–Crippen MR) is 102 cm³/mol. The number of nitrogens with one attached hydrogen (secondary N) is 2. The molecular formula is C19H18ClN5. The van der Waals surface area contributed by atoms with Crippen LogP contribution in [-0.4, -0.2) is 16.0 Å². The highest BCUT2D eigenvalue weighted by Crippen LogP contribution is 2.26. The minimum atomic E-state index is 0.233. The lowest BCUT2D eigenvalue weighted by Gasteiger charge is -2.13. The second-order valence-electron chi connectivity index (χ2n) is 6.02. The molecule has 3 aromatic rings. The van der Waals surface area contributed by atoms with Gasteiger partial charge < -0.3 is 10.6 Å². The van der Waals surface area contributed by atoms with Crippen molar-refractivity contribution in [2.24, 2.45) is 0 Å². The van der Waals surface area contributed by atoms with Gasteiger partial charge in [0.2, 0.25) is 5.95 Å². The molecule has 3 rings (SSSR count). The van der Waals surface area contributed by atoms with Gasteiger partial charge in [-0.25, -0.2) is 4.98 Å². The molecule has 6 heteroatoms. The van der Waals surface area contributed by atoms with Gasteiger partial charge in [0, 0.05) is 23.0 Å². The van der Waals surface area contributed by atoms with E-state index in [1.165, 1.54) is 0 Å². The van der Waals surface area contributed by atoms with Gasteiger partial charge in [0.1, 0.15) is 5.82 Å². The summed E-state index contributed by atoms with van der Waals surface area (Å²) in [5.74, 6) is 1.30. The Balaban J connectivity index is 1.91. The van der Waals surface area contributed by atoms with E-state index in [1.54, 1.807) is 12.1 Å². The summed E-state index contributed by atoms with van der Waals surface area (Å²) in [6, 6.07) is 15.4. The zero-order valence-electron chi connectivity index (χ0n) is 14.0. The molecular weight excluding hydrogens is 334 g/mol. The molecule has 25 heavy (non-hydrogen) atoms. The van der Waals surface area contributed by atoms with E-state index in [4.69, 9.17) is 16.9 Å². The monoisotopic (exact) mass is 351 g/mol. The summed E-state index contributed by atoms with van der Waals surface area (Å²) in [4.78, 5) is 9.12. The highest BCUT2D eigenvalue weighted by atomic mass is 35.5. The quantitative estimate of drug-likeness (QED) is 0.703. The maximum Gasteiger partial charge on any atom is 0.225 e. The van der Waals surface area contributed by atoms with Gasteiger partial charge in [-0.05, 0) is 49.7 Å². The highest BCUT2D eigenvalue weighted by Gasteiger charge is 2.09. The van der Waals surface area contributed by atoms with Gasteiger partial charge in [0.15, 0.2) is 0 Å². The van der Waals surface area contributed by atoms with Crippen LogP contribution in [0.3, 0.4) is 0 Å². The molecule has 0 saturated carbocycles. The van der Waals surface area contributed by atoms with Crippen LogP contribution in [0, 0.1) is 11.3 Å². The molecule has 0 aliphatic heterocycles. The first-order valence-electron chi connectivity index (χ1n) is 8.02. The van der Waals surface area contributed by atoms with Crippen molar-refractivity contribution in [3.63, 3.8) is 0 Å². The topological polar surface area (TPSA) is 73.6 Å². The molecule has 1 heterocycles. The number of fused-ring (bicyclic) bond motifs is 1. The third kappa shape index (κ3) is 4.17. The summed E-state index contributed by atoms with van der Waals surface area (Å²) >= 11 is 6.14. The largest absolute Gasteiger partial charge is 0.365 e. The first-order valence-corrected chi connectivity index (χ1v) is 8.39. The average molecular weight is 352 g/mol. The van der Waals surface area contributed by atoms with Gasteiger partial charge in [-0.2, -0.15) is 10.2 Å². The van der Waals surface area contributed by atoms with E-state index in [2.05, 4.69) is 26.7 Å². The van der Waals surface area contributed by atoms with Crippen LogP contribution in [0.2, 0.25) is 5.02 Å². The van der Waals surface area contributed by atoms with Gasteiger partial charge in [-0.3, -0.25) is 0 Å². The van der Waals surface area contributed by atoms with E-state index in [0.29, 0.717) is 23.1 Å². The van der Waals surface area contributed by atoms with Gasteiger partial charge in [0.05, 0.1) is 17.1 Å². The summed E-state index contributed by atoms with van der Waals surface area (Å²) in [5, 5.41) is 17.0. The summed E-state index contributed by atoms with van der Waals surface area (Å²) in [6.07, 6.45) is 0. The van der Waals surface area contributed by atoms with E-state index in [0.717, 1.165) is 22.3 Å². The van der Waals surface area contributed by atoms with Crippen LogP contribution < -0.4 is 10.6 Å². The minimum absolute atomic E-state index is 0.233. The zero-order valence-corrected chi connectivity index (χ0v) is 14.8. The van der Waals surface area contributed by atoms with E-state index in [1.807, 2.05) is 44.2 Å². The normalized spacial score (nSPS) is 10.7. The minimum Gasteiger partial charge on any atom is -0.365 e. The number of hydrogen-bond donors (Lipinski definition) is 2.